The normalized spacial score (nSPS) is 10.9. The zero-order valence-corrected chi connectivity index (χ0v) is 12.8. The number of nitrogens with zero attached hydrogens (tertiary/aromatic N) is 4. The predicted molar refractivity (Wildman–Crippen MR) is 87.6 cm³/mol. The van der Waals surface area contributed by atoms with Gasteiger partial charge in [0.15, 0.2) is 6.33 Å². The molecule has 1 N–H and O–H groups in total. The summed E-state index contributed by atoms with van der Waals surface area (Å²) >= 11 is 0. The number of carbonyl (C=O) groups is 1. The van der Waals surface area contributed by atoms with Crippen molar-refractivity contribution in [1.29, 1.82) is 0 Å². The Balaban J connectivity index is 1.67. The van der Waals surface area contributed by atoms with Crippen LogP contribution in [0.2, 0.25) is 0 Å². The Morgan fingerprint density at radius 1 is 1.21 bits per heavy atom. The van der Waals surface area contributed by atoms with Gasteiger partial charge in [-0.2, -0.15) is 4.98 Å². The highest BCUT2D eigenvalue weighted by molar-refractivity contribution is 6.04. The molecule has 24 heavy (non-hydrogen) atoms. The van der Waals surface area contributed by atoms with Gasteiger partial charge in [-0.05, 0) is 36.8 Å². The molecule has 4 rings (SSSR count). The van der Waals surface area contributed by atoms with Crippen LogP contribution in [0.5, 0.6) is 0 Å². The van der Waals surface area contributed by atoms with Crippen LogP contribution in [0, 0.1) is 6.92 Å². The van der Waals surface area contributed by atoms with Gasteiger partial charge in [0.05, 0.1) is 6.20 Å². The summed E-state index contributed by atoms with van der Waals surface area (Å²) in [6, 6.07) is 11.1. The van der Waals surface area contributed by atoms with Crippen molar-refractivity contribution in [2.24, 2.45) is 0 Å². The van der Waals surface area contributed by atoms with E-state index < -0.39 is 0 Å². The standard InChI is InChI=1S/C17H13N5O2/c1-11-5-6-12(17-19-10-20-24-17)8-13(11)21-16(23)14-9-18-15-4-2-3-7-22(14)15/h2-10H,1H3,(H,21,23). The summed E-state index contributed by atoms with van der Waals surface area (Å²) in [5.41, 5.74) is 3.54. The number of pyridine rings is 1. The van der Waals surface area contributed by atoms with Crippen LogP contribution in [0.25, 0.3) is 17.1 Å². The van der Waals surface area contributed by atoms with Crippen molar-refractivity contribution in [3.8, 4) is 11.5 Å². The number of aromatic nitrogens is 4. The zero-order valence-electron chi connectivity index (χ0n) is 12.8. The van der Waals surface area contributed by atoms with Crippen molar-refractivity contribution in [3.05, 3.63) is 66.4 Å². The zero-order chi connectivity index (χ0) is 16.5. The van der Waals surface area contributed by atoms with Gasteiger partial charge in [-0.15, -0.1) is 0 Å². The van der Waals surface area contributed by atoms with Gasteiger partial charge in [0.2, 0.25) is 0 Å². The Hall–Kier alpha value is -3.48. The number of amides is 1. The monoisotopic (exact) mass is 319 g/mol. The van der Waals surface area contributed by atoms with E-state index in [4.69, 9.17) is 4.52 Å². The third kappa shape index (κ3) is 2.41. The highest BCUT2D eigenvalue weighted by Crippen LogP contribution is 2.24. The van der Waals surface area contributed by atoms with Gasteiger partial charge < -0.3 is 9.84 Å². The van der Waals surface area contributed by atoms with Crippen LogP contribution in [0.1, 0.15) is 16.1 Å². The first-order chi connectivity index (χ1) is 11.7. The summed E-state index contributed by atoms with van der Waals surface area (Å²) in [4.78, 5) is 20.9. The van der Waals surface area contributed by atoms with Gasteiger partial charge in [-0.3, -0.25) is 9.20 Å². The largest absolute Gasteiger partial charge is 0.334 e. The number of anilines is 1. The van der Waals surface area contributed by atoms with Crippen LogP contribution in [0.3, 0.4) is 0 Å². The molecule has 0 unspecified atom stereocenters. The molecular formula is C17H13N5O2. The van der Waals surface area contributed by atoms with E-state index in [1.807, 2.05) is 43.3 Å². The molecule has 0 saturated carbocycles. The van der Waals surface area contributed by atoms with E-state index in [-0.39, 0.29) is 5.91 Å². The second kappa shape index (κ2) is 5.62. The molecule has 1 aromatic carbocycles. The Bertz CT molecular complexity index is 1020. The topological polar surface area (TPSA) is 85.3 Å². The lowest BCUT2D eigenvalue weighted by Crippen LogP contribution is -2.15. The van der Waals surface area contributed by atoms with Crippen molar-refractivity contribution in [2.75, 3.05) is 5.32 Å². The SMILES string of the molecule is Cc1ccc(-c2ncno2)cc1NC(=O)c1cnc2ccccn12. The number of hydrogen-bond donors (Lipinski definition) is 1. The molecular weight excluding hydrogens is 306 g/mol. The smallest absolute Gasteiger partial charge is 0.274 e. The number of hydrogen-bond acceptors (Lipinski definition) is 5. The second-order valence-corrected chi connectivity index (χ2v) is 5.30. The van der Waals surface area contributed by atoms with E-state index >= 15 is 0 Å². The molecule has 0 aliphatic rings. The van der Waals surface area contributed by atoms with Crippen LogP contribution in [0.4, 0.5) is 5.69 Å². The first kappa shape index (κ1) is 14.1. The minimum Gasteiger partial charge on any atom is -0.334 e. The lowest BCUT2D eigenvalue weighted by Gasteiger charge is -2.09. The molecule has 7 heteroatoms. The predicted octanol–water partition coefficient (Wildman–Crippen LogP) is 2.95. The van der Waals surface area contributed by atoms with Crippen LogP contribution in [-0.2, 0) is 0 Å². The van der Waals surface area contributed by atoms with E-state index in [0.29, 0.717) is 17.3 Å². The number of imidazole rings is 1. The van der Waals surface area contributed by atoms with Crippen molar-refractivity contribution >= 4 is 17.2 Å². The Morgan fingerprint density at radius 2 is 2.12 bits per heavy atom. The van der Waals surface area contributed by atoms with E-state index in [9.17, 15) is 4.79 Å². The first-order valence-electron chi connectivity index (χ1n) is 7.33. The quantitative estimate of drug-likeness (QED) is 0.627. The summed E-state index contributed by atoms with van der Waals surface area (Å²) in [6.07, 6.45) is 4.70. The maximum atomic E-state index is 12.6. The Kier molecular flexibility index (Phi) is 3.31. The third-order valence-electron chi connectivity index (χ3n) is 3.74. The Morgan fingerprint density at radius 3 is 2.96 bits per heavy atom. The molecule has 0 radical (unpaired) electrons. The molecule has 0 atom stereocenters. The molecule has 1 amide bonds. The molecule has 3 aromatic heterocycles. The number of benzene rings is 1. The second-order valence-electron chi connectivity index (χ2n) is 5.30. The minimum atomic E-state index is -0.237. The minimum absolute atomic E-state index is 0.237. The summed E-state index contributed by atoms with van der Waals surface area (Å²) in [5.74, 6) is 0.166. The van der Waals surface area contributed by atoms with Crippen molar-refractivity contribution in [1.82, 2.24) is 19.5 Å². The average molecular weight is 319 g/mol. The molecule has 0 saturated heterocycles. The number of fused-ring (bicyclic) bond motifs is 1. The van der Waals surface area contributed by atoms with Gasteiger partial charge >= 0.3 is 0 Å². The lowest BCUT2D eigenvalue weighted by atomic mass is 10.1. The third-order valence-corrected chi connectivity index (χ3v) is 3.74. The number of nitrogens with one attached hydrogen (secondary N) is 1. The molecule has 0 spiro atoms. The average Bonchev–Trinajstić information content (AvgIpc) is 3.26. The summed E-state index contributed by atoms with van der Waals surface area (Å²) < 4.78 is 6.80. The van der Waals surface area contributed by atoms with Crippen LogP contribution < -0.4 is 5.32 Å². The first-order valence-corrected chi connectivity index (χ1v) is 7.33. The van der Waals surface area contributed by atoms with Crippen LogP contribution in [0.15, 0.2) is 59.6 Å². The molecule has 0 fully saturated rings. The number of aryl methyl sites for hydroxylation is 1. The van der Waals surface area contributed by atoms with Gasteiger partial charge in [0, 0.05) is 17.4 Å². The lowest BCUT2D eigenvalue weighted by molar-refractivity contribution is 0.102. The van der Waals surface area contributed by atoms with Crippen LogP contribution in [-0.4, -0.2) is 25.4 Å². The van der Waals surface area contributed by atoms with Crippen molar-refractivity contribution < 1.29 is 9.32 Å². The molecule has 4 aromatic rings. The fourth-order valence-corrected chi connectivity index (χ4v) is 2.48. The maximum absolute atomic E-state index is 12.6. The van der Waals surface area contributed by atoms with E-state index in [1.54, 1.807) is 16.8 Å². The highest BCUT2D eigenvalue weighted by Gasteiger charge is 2.14. The van der Waals surface area contributed by atoms with Gasteiger partial charge in [-0.25, -0.2) is 4.98 Å². The summed E-state index contributed by atoms with van der Waals surface area (Å²) in [5, 5.41) is 6.52. The highest BCUT2D eigenvalue weighted by atomic mass is 16.5. The van der Waals surface area contributed by atoms with Crippen molar-refractivity contribution in [2.45, 2.75) is 6.92 Å². The molecule has 3 heterocycles. The number of carbonyl (C=O) groups excluding carboxylic acids is 1. The maximum Gasteiger partial charge on any atom is 0.274 e. The Labute approximate surface area is 137 Å². The van der Waals surface area contributed by atoms with E-state index in [1.165, 1.54) is 6.33 Å². The number of rotatable bonds is 3. The van der Waals surface area contributed by atoms with Crippen molar-refractivity contribution in [3.63, 3.8) is 0 Å². The molecule has 0 aliphatic heterocycles. The molecule has 118 valence electrons. The summed E-state index contributed by atoms with van der Waals surface area (Å²) in [6.45, 7) is 1.92. The molecule has 0 aliphatic carbocycles. The van der Waals surface area contributed by atoms with Gasteiger partial charge in [0.1, 0.15) is 11.3 Å². The van der Waals surface area contributed by atoms with E-state index in [0.717, 1.165) is 16.8 Å². The van der Waals surface area contributed by atoms with E-state index in [2.05, 4.69) is 20.4 Å². The fraction of sp³-hybridized carbons (Fsp3) is 0.0588. The van der Waals surface area contributed by atoms with Gasteiger partial charge in [-0.1, -0.05) is 17.3 Å². The van der Waals surface area contributed by atoms with Crippen LogP contribution >= 0.6 is 0 Å². The molecule has 0 bridgehead atoms. The summed E-state index contributed by atoms with van der Waals surface area (Å²) in [7, 11) is 0. The molecule has 7 nitrogen and oxygen atoms in total. The fourth-order valence-electron chi connectivity index (χ4n) is 2.48. The van der Waals surface area contributed by atoms with Gasteiger partial charge in [0.25, 0.3) is 11.8 Å².